The second-order valence-corrected chi connectivity index (χ2v) is 9.17. The van der Waals surface area contributed by atoms with E-state index < -0.39 is 11.7 Å². The Balaban J connectivity index is 1.48. The van der Waals surface area contributed by atoms with Gasteiger partial charge in [0.2, 0.25) is 5.91 Å². The third kappa shape index (κ3) is 4.40. The molecule has 1 unspecified atom stereocenters. The number of benzene rings is 1. The van der Waals surface area contributed by atoms with E-state index in [2.05, 4.69) is 22.2 Å². The molecule has 152 valence electrons. The number of carbonyl (C=O) groups excluding carboxylic acids is 1. The molecule has 0 spiro atoms. The Bertz CT molecular complexity index is 1060. The fourth-order valence-corrected chi connectivity index (χ4v) is 5.70. The predicted molar refractivity (Wildman–Crippen MR) is 109 cm³/mol. The summed E-state index contributed by atoms with van der Waals surface area (Å²) < 4.78 is 38.5. The molecular weight excluding hydrogens is 419 g/mol. The third-order valence-corrected chi connectivity index (χ3v) is 7.02. The quantitative estimate of drug-likeness (QED) is 0.429. The first-order chi connectivity index (χ1) is 13.8. The molecule has 0 aliphatic heterocycles. The first-order valence-electron chi connectivity index (χ1n) is 9.16. The van der Waals surface area contributed by atoms with Crippen molar-refractivity contribution in [1.29, 1.82) is 0 Å². The molecule has 1 aromatic carbocycles. The molecule has 0 saturated carbocycles. The zero-order chi connectivity index (χ0) is 20.6. The Hall–Kier alpha value is -2.13. The van der Waals surface area contributed by atoms with Crippen molar-refractivity contribution in [1.82, 2.24) is 9.97 Å². The first kappa shape index (κ1) is 20.2. The minimum atomic E-state index is -4.45. The zero-order valence-electron chi connectivity index (χ0n) is 15.5. The fourth-order valence-electron chi connectivity index (χ4n) is 3.46. The number of nitrogens with zero attached hydrogens (tertiary/aromatic N) is 2. The van der Waals surface area contributed by atoms with Crippen LogP contribution in [0.4, 0.5) is 18.9 Å². The molecule has 4 rings (SSSR count). The van der Waals surface area contributed by atoms with Crippen LogP contribution in [0.1, 0.15) is 29.3 Å². The largest absolute Gasteiger partial charge is 0.416 e. The number of fused-ring (bicyclic) bond motifs is 3. The van der Waals surface area contributed by atoms with Crippen LogP contribution in [0.2, 0.25) is 0 Å². The number of alkyl halides is 3. The summed E-state index contributed by atoms with van der Waals surface area (Å²) in [4.78, 5) is 23.3. The van der Waals surface area contributed by atoms with Crippen molar-refractivity contribution >= 4 is 44.9 Å². The smallest absolute Gasteiger partial charge is 0.325 e. The van der Waals surface area contributed by atoms with Crippen molar-refractivity contribution in [2.75, 3.05) is 11.1 Å². The highest BCUT2D eigenvalue weighted by Gasteiger charge is 2.30. The van der Waals surface area contributed by atoms with Gasteiger partial charge in [0.05, 0.1) is 11.3 Å². The molecule has 2 heterocycles. The molecule has 2 aromatic heterocycles. The van der Waals surface area contributed by atoms with Crippen LogP contribution in [0.3, 0.4) is 0 Å². The van der Waals surface area contributed by atoms with E-state index in [1.165, 1.54) is 40.7 Å². The Kier molecular flexibility index (Phi) is 5.52. The van der Waals surface area contributed by atoms with Gasteiger partial charge in [-0.25, -0.2) is 9.97 Å². The lowest BCUT2D eigenvalue weighted by molar-refractivity contribution is -0.137. The molecule has 0 bridgehead atoms. The van der Waals surface area contributed by atoms with Gasteiger partial charge in [-0.15, -0.1) is 11.3 Å². The summed E-state index contributed by atoms with van der Waals surface area (Å²) in [6, 6.07) is 4.62. The number of rotatable bonds is 4. The first-order valence-corrected chi connectivity index (χ1v) is 11.0. The number of hydrogen-bond donors (Lipinski definition) is 1. The van der Waals surface area contributed by atoms with E-state index in [1.54, 1.807) is 11.3 Å². The lowest BCUT2D eigenvalue weighted by Crippen LogP contribution is -2.15. The monoisotopic (exact) mass is 437 g/mol. The molecule has 0 saturated heterocycles. The number of thioether (sulfide) groups is 1. The molecule has 0 radical (unpaired) electrons. The molecule has 4 nitrogen and oxygen atoms in total. The maximum Gasteiger partial charge on any atom is 0.416 e. The second kappa shape index (κ2) is 7.95. The van der Waals surface area contributed by atoms with Crippen molar-refractivity contribution in [2.24, 2.45) is 5.92 Å². The molecule has 1 aliphatic carbocycles. The van der Waals surface area contributed by atoms with Crippen molar-refractivity contribution in [3.63, 3.8) is 0 Å². The van der Waals surface area contributed by atoms with Crippen LogP contribution in [-0.4, -0.2) is 21.6 Å². The van der Waals surface area contributed by atoms with E-state index >= 15 is 0 Å². The van der Waals surface area contributed by atoms with Gasteiger partial charge >= 0.3 is 6.18 Å². The molecule has 1 atom stereocenters. The Morgan fingerprint density at radius 1 is 1.34 bits per heavy atom. The highest BCUT2D eigenvalue weighted by molar-refractivity contribution is 8.00. The van der Waals surface area contributed by atoms with Crippen LogP contribution in [0, 0.1) is 5.92 Å². The summed E-state index contributed by atoms with van der Waals surface area (Å²) >= 11 is 2.97. The minimum absolute atomic E-state index is 0.0589. The molecule has 1 N–H and O–H groups in total. The molecule has 9 heteroatoms. The van der Waals surface area contributed by atoms with Gasteiger partial charge < -0.3 is 5.32 Å². The molecule has 3 aromatic rings. The van der Waals surface area contributed by atoms with Crippen LogP contribution in [0.5, 0.6) is 0 Å². The van der Waals surface area contributed by atoms with E-state index in [4.69, 9.17) is 0 Å². The number of anilines is 1. The lowest BCUT2D eigenvalue weighted by atomic mass is 9.89. The maximum atomic E-state index is 12.8. The van der Waals surface area contributed by atoms with Gasteiger partial charge in [0.15, 0.2) is 0 Å². The van der Waals surface area contributed by atoms with Crippen LogP contribution in [0.15, 0.2) is 35.6 Å². The summed E-state index contributed by atoms with van der Waals surface area (Å²) in [7, 11) is 0. The summed E-state index contributed by atoms with van der Waals surface area (Å²) in [5.74, 6) is 0.334. The van der Waals surface area contributed by atoms with E-state index in [0.29, 0.717) is 5.92 Å². The topological polar surface area (TPSA) is 54.9 Å². The van der Waals surface area contributed by atoms with E-state index in [9.17, 15) is 18.0 Å². The summed E-state index contributed by atoms with van der Waals surface area (Å²) in [5.41, 5.74) is 0.615. The van der Waals surface area contributed by atoms with Crippen LogP contribution >= 0.6 is 23.1 Å². The minimum Gasteiger partial charge on any atom is -0.325 e. The third-order valence-electron chi connectivity index (χ3n) is 4.87. The predicted octanol–water partition coefficient (Wildman–Crippen LogP) is 5.57. The van der Waals surface area contributed by atoms with Crippen molar-refractivity contribution < 1.29 is 18.0 Å². The Morgan fingerprint density at radius 2 is 2.17 bits per heavy atom. The molecule has 1 aliphatic rings. The highest BCUT2D eigenvalue weighted by atomic mass is 32.2. The number of aryl methyl sites for hydroxylation is 1. The van der Waals surface area contributed by atoms with Gasteiger partial charge in [-0.3, -0.25) is 4.79 Å². The standard InChI is InChI=1S/C20H18F3N3OS2/c1-11-5-6-14-15(7-11)29-19-17(14)18(24-10-25-19)28-9-16(27)26-13-4-2-3-12(8-13)20(21,22)23/h2-4,8,10-11H,5-7,9H2,1H3,(H,26,27). The normalized spacial score (nSPS) is 16.6. The van der Waals surface area contributed by atoms with Crippen LogP contribution in [0.25, 0.3) is 10.2 Å². The lowest BCUT2D eigenvalue weighted by Gasteiger charge is -2.18. The average Bonchev–Trinajstić information content (AvgIpc) is 3.04. The van der Waals surface area contributed by atoms with Gasteiger partial charge in [0.25, 0.3) is 0 Å². The van der Waals surface area contributed by atoms with Gasteiger partial charge in [-0.2, -0.15) is 13.2 Å². The van der Waals surface area contributed by atoms with Crippen LogP contribution in [-0.2, 0) is 23.8 Å². The fraction of sp³-hybridized carbons (Fsp3) is 0.350. The van der Waals surface area contributed by atoms with Gasteiger partial charge in [0, 0.05) is 16.0 Å². The summed E-state index contributed by atoms with van der Waals surface area (Å²) in [6.45, 7) is 2.24. The van der Waals surface area contributed by atoms with Gasteiger partial charge in [0.1, 0.15) is 16.2 Å². The van der Waals surface area contributed by atoms with E-state index in [0.717, 1.165) is 46.6 Å². The summed E-state index contributed by atoms with van der Waals surface area (Å²) in [5, 5.41) is 4.31. The van der Waals surface area contributed by atoms with Crippen molar-refractivity contribution in [3.05, 3.63) is 46.6 Å². The highest BCUT2D eigenvalue weighted by Crippen LogP contribution is 2.40. The molecular formula is C20H18F3N3OS2. The number of carbonyl (C=O) groups is 1. The van der Waals surface area contributed by atoms with Crippen molar-refractivity contribution in [2.45, 2.75) is 37.4 Å². The number of halogens is 3. The number of aromatic nitrogens is 2. The van der Waals surface area contributed by atoms with Crippen molar-refractivity contribution in [3.8, 4) is 0 Å². The number of hydrogen-bond acceptors (Lipinski definition) is 5. The SMILES string of the molecule is CC1CCc2c(sc3ncnc(SCC(=O)Nc4cccc(C(F)(F)F)c4)c23)C1. The summed E-state index contributed by atoms with van der Waals surface area (Å²) in [6.07, 6.45) is 0.191. The number of nitrogens with one attached hydrogen (secondary N) is 1. The number of thiophene rings is 1. The molecule has 1 amide bonds. The van der Waals surface area contributed by atoms with E-state index in [1.807, 2.05) is 0 Å². The average molecular weight is 438 g/mol. The van der Waals surface area contributed by atoms with Crippen LogP contribution < -0.4 is 5.32 Å². The molecule has 0 fully saturated rings. The Morgan fingerprint density at radius 3 is 2.97 bits per heavy atom. The number of amides is 1. The maximum absolute atomic E-state index is 12.8. The Labute approximate surface area is 173 Å². The molecule has 29 heavy (non-hydrogen) atoms. The second-order valence-electron chi connectivity index (χ2n) is 7.13. The zero-order valence-corrected chi connectivity index (χ0v) is 17.2. The van der Waals surface area contributed by atoms with Gasteiger partial charge in [-0.1, -0.05) is 24.8 Å². The van der Waals surface area contributed by atoms with Gasteiger partial charge in [-0.05, 0) is 48.9 Å². The van der Waals surface area contributed by atoms with E-state index in [-0.39, 0.29) is 17.3 Å².